The molecule has 0 aliphatic heterocycles. The normalized spacial score (nSPS) is 10.5. The van der Waals surface area contributed by atoms with Crippen LogP contribution in [0.3, 0.4) is 0 Å². The molecule has 0 saturated carbocycles. The third-order valence-electron chi connectivity index (χ3n) is 2.17. The summed E-state index contributed by atoms with van der Waals surface area (Å²) in [6.07, 6.45) is 0. The first-order valence-corrected chi connectivity index (χ1v) is 6.12. The monoisotopic (exact) mass is 251 g/mol. The Bertz CT molecular complexity index is 583. The second-order valence-electron chi connectivity index (χ2n) is 3.69. The van der Waals surface area contributed by atoms with Crippen LogP contribution in [0, 0.1) is 12.7 Å². The zero-order valence-corrected chi connectivity index (χ0v) is 10.1. The molecule has 0 saturated heterocycles. The highest BCUT2D eigenvalue weighted by atomic mass is 32.2. The Hall–Kier alpha value is -1.62. The first-order valence-electron chi connectivity index (χ1n) is 5.14. The van der Waals surface area contributed by atoms with Crippen LogP contribution >= 0.6 is 11.8 Å². The number of aromatic amines is 2. The molecule has 1 aromatic heterocycles. The summed E-state index contributed by atoms with van der Waals surface area (Å²) in [5.74, 6) is 0.359. The van der Waals surface area contributed by atoms with Gasteiger partial charge in [0, 0.05) is 5.75 Å². The molecule has 2 N–H and O–H groups in total. The van der Waals surface area contributed by atoms with E-state index in [9.17, 15) is 9.18 Å². The Morgan fingerprint density at radius 2 is 2.24 bits per heavy atom. The van der Waals surface area contributed by atoms with Gasteiger partial charge in [-0.1, -0.05) is 12.1 Å². The van der Waals surface area contributed by atoms with E-state index in [0.29, 0.717) is 10.9 Å². The molecule has 0 aliphatic rings. The van der Waals surface area contributed by atoms with Crippen LogP contribution < -0.4 is 10.5 Å². The summed E-state index contributed by atoms with van der Waals surface area (Å²) < 4.78 is 12.9. The summed E-state index contributed by atoms with van der Waals surface area (Å²) in [5.41, 5.74) is 1.55. The van der Waals surface area contributed by atoms with Crippen LogP contribution in [0.25, 0.3) is 0 Å². The van der Waals surface area contributed by atoms with E-state index in [2.05, 4.69) is 9.97 Å². The molecule has 0 radical (unpaired) electrons. The molecular formula is C12H12FN2OS+. The Morgan fingerprint density at radius 3 is 2.94 bits per heavy atom. The topological polar surface area (TPSA) is 47.0 Å². The zero-order chi connectivity index (χ0) is 12.3. The number of benzene rings is 1. The van der Waals surface area contributed by atoms with Crippen molar-refractivity contribution in [2.75, 3.05) is 0 Å². The van der Waals surface area contributed by atoms with Crippen molar-refractivity contribution in [3.8, 4) is 0 Å². The largest absolute Gasteiger partial charge is 0.336 e. The number of hydrogen-bond acceptors (Lipinski definition) is 2. The van der Waals surface area contributed by atoms with E-state index in [1.54, 1.807) is 6.07 Å². The molecule has 1 heterocycles. The number of aryl methyl sites for hydroxylation is 1. The Kier molecular flexibility index (Phi) is 3.58. The maximum atomic E-state index is 12.9. The van der Waals surface area contributed by atoms with Gasteiger partial charge in [-0.15, -0.1) is 0 Å². The van der Waals surface area contributed by atoms with Gasteiger partial charge in [0.1, 0.15) is 11.5 Å². The third-order valence-corrected chi connectivity index (χ3v) is 3.14. The van der Waals surface area contributed by atoms with Crippen molar-refractivity contribution in [3.05, 3.63) is 57.8 Å². The van der Waals surface area contributed by atoms with Gasteiger partial charge in [0.25, 0.3) is 0 Å². The highest BCUT2D eigenvalue weighted by molar-refractivity contribution is 7.98. The lowest BCUT2D eigenvalue weighted by atomic mass is 10.2. The van der Waals surface area contributed by atoms with Crippen LogP contribution in [0.15, 0.2) is 40.3 Å². The summed E-state index contributed by atoms with van der Waals surface area (Å²) in [5, 5.41) is 0.680. The van der Waals surface area contributed by atoms with E-state index in [0.717, 1.165) is 11.3 Å². The van der Waals surface area contributed by atoms with Crippen LogP contribution in [-0.4, -0.2) is 4.98 Å². The number of rotatable bonds is 3. The molecule has 1 aromatic carbocycles. The van der Waals surface area contributed by atoms with Crippen molar-refractivity contribution < 1.29 is 9.37 Å². The van der Waals surface area contributed by atoms with Gasteiger partial charge in [-0.05, 0) is 36.4 Å². The third kappa shape index (κ3) is 3.42. The average Bonchev–Trinajstić information content (AvgIpc) is 2.25. The van der Waals surface area contributed by atoms with Crippen molar-refractivity contribution in [1.29, 1.82) is 0 Å². The fourth-order valence-corrected chi connectivity index (χ4v) is 2.34. The average molecular weight is 251 g/mol. The van der Waals surface area contributed by atoms with E-state index in [1.807, 2.05) is 13.0 Å². The van der Waals surface area contributed by atoms with E-state index in [4.69, 9.17) is 0 Å². The number of thioether (sulfide) groups is 1. The fourth-order valence-electron chi connectivity index (χ4n) is 1.45. The van der Waals surface area contributed by atoms with Crippen molar-refractivity contribution in [2.24, 2.45) is 0 Å². The lowest BCUT2D eigenvalue weighted by Crippen LogP contribution is -2.20. The number of hydrogen-bond donors (Lipinski definition) is 1. The number of nitrogens with one attached hydrogen (secondary N) is 2. The first kappa shape index (κ1) is 11.9. The zero-order valence-electron chi connectivity index (χ0n) is 9.29. The maximum absolute atomic E-state index is 12.9. The smallest absolute Gasteiger partial charge is 0.241 e. The van der Waals surface area contributed by atoms with Gasteiger partial charge in [-0.2, -0.15) is 0 Å². The molecule has 0 fully saturated rings. The minimum Gasteiger partial charge on any atom is -0.241 e. The van der Waals surface area contributed by atoms with Gasteiger partial charge < -0.3 is 0 Å². The fraction of sp³-hybridized carbons (Fsp3) is 0.167. The lowest BCUT2D eigenvalue weighted by molar-refractivity contribution is -0.442. The van der Waals surface area contributed by atoms with E-state index >= 15 is 0 Å². The first-order chi connectivity index (χ1) is 8.13. The summed E-state index contributed by atoms with van der Waals surface area (Å²) >= 11 is 1.43. The van der Waals surface area contributed by atoms with Gasteiger partial charge in [0.05, 0.1) is 6.07 Å². The highest BCUT2D eigenvalue weighted by Gasteiger charge is 2.06. The van der Waals surface area contributed by atoms with Crippen molar-refractivity contribution in [2.45, 2.75) is 17.8 Å². The van der Waals surface area contributed by atoms with Crippen LogP contribution in [0.2, 0.25) is 0 Å². The second kappa shape index (κ2) is 5.14. The van der Waals surface area contributed by atoms with Crippen molar-refractivity contribution in [1.82, 2.24) is 4.98 Å². The number of aromatic nitrogens is 2. The molecule has 0 bridgehead atoms. The maximum Gasteiger partial charge on any atom is 0.336 e. The SMILES string of the molecule is Cc1cc(=O)[nH]c(SCc2cccc(F)c2)[nH+]1. The van der Waals surface area contributed by atoms with Gasteiger partial charge in [0.15, 0.2) is 0 Å². The standard InChI is InChI=1S/C12H11FN2OS/c1-8-5-11(16)15-12(14-8)17-7-9-3-2-4-10(13)6-9/h2-6H,7H2,1H3,(H,14,15,16)/p+1. The minimum atomic E-state index is -0.246. The molecular weight excluding hydrogens is 239 g/mol. The molecule has 2 rings (SSSR count). The molecule has 0 spiro atoms. The van der Waals surface area contributed by atoms with E-state index in [-0.39, 0.29) is 11.4 Å². The summed E-state index contributed by atoms with van der Waals surface area (Å²) in [6, 6.07) is 7.92. The van der Waals surface area contributed by atoms with Gasteiger partial charge in [-0.25, -0.2) is 19.2 Å². The predicted octanol–water partition coefficient (Wildman–Crippen LogP) is 1.93. The molecule has 5 heteroatoms. The summed E-state index contributed by atoms with van der Waals surface area (Å²) in [4.78, 5) is 17.0. The van der Waals surface area contributed by atoms with Gasteiger partial charge >= 0.3 is 10.7 Å². The molecule has 3 nitrogen and oxygen atoms in total. The van der Waals surface area contributed by atoms with E-state index in [1.165, 1.54) is 30.0 Å². The Labute approximate surface area is 102 Å². The van der Waals surface area contributed by atoms with Crippen molar-refractivity contribution >= 4 is 11.8 Å². The predicted molar refractivity (Wildman–Crippen MR) is 64.3 cm³/mol. The molecule has 0 unspecified atom stereocenters. The Morgan fingerprint density at radius 1 is 1.41 bits per heavy atom. The molecule has 0 amide bonds. The van der Waals surface area contributed by atoms with Crippen molar-refractivity contribution in [3.63, 3.8) is 0 Å². The Balaban J connectivity index is 2.09. The quantitative estimate of drug-likeness (QED) is 0.669. The van der Waals surface area contributed by atoms with Gasteiger partial charge in [0.2, 0.25) is 0 Å². The van der Waals surface area contributed by atoms with Crippen LogP contribution in [-0.2, 0) is 5.75 Å². The summed E-state index contributed by atoms with van der Waals surface area (Å²) in [6.45, 7) is 1.82. The second-order valence-corrected chi connectivity index (χ2v) is 4.67. The molecule has 0 aliphatic carbocycles. The van der Waals surface area contributed by atoms with Gasteiger partial charge in [-0.3, -0.25) is 0 Å². The number of halogens is 1. The molecule has 88 valence electrons. The molecule has 2 aromatic rings. The van der Waals surface area contributed by atoms with E-state index < -0.39 is 0 Å². The van der Waals surface area contributed by atoms with Crippen LogP contribution in [0.5, 0.6) is 0 Å². The minimum absolute atomic E-state index is 0.136. The molecule has 17 heavy (non-hydrogen) atoms. The number of H-pyrrole nitrogens is 2. The summed E-state index contributed by atoms with van der Waals surface area (Å²) in [7, 11) is 0. The molecule has 0 atom stereocenters. The van der Waals surface area contributed by atoms with Crippen LogP contribution in [0.1, 0.15) is 11.3 Å². The van der Waals surface area contributed by atoms with Crippen LogP contribution in [0.4, 0.5) is 4.39 Å². The highest BCUT2D eigenvalue weighted by Crippen LogP contribution is 2.16. The lowest BCUT2D eigenvalue weighted by Gasteiger charge is -1.98.